The van der Waals surface area contributed by atoms with Crippen LogP contribution in [0.1, 0.15) is 4.88 Å². The Labute approximate surface area is 119 Å². The Balaban J connectivity index is 2.21. The van der Waals surface area contributed by atoms with E-state index in [1.54, 1.807) is 18.4 Å². The lowest BCUT2D eigenvalue weighted by atomic mass is 10.2. The lowest BCUT2D eigenvalue weighted by molar-refractivity contribution is 0.417. The van der Waals surface area contributed by atoms with Crippen LogP contribution in [0.5, 0.6) is 5.75 Å². The van der Waals surface area contributed by atoms with Crippen molar-refractivity contribution in [2.24, 2.45) is 0 Å². The van der Waals surface area contributed by atoms with E-state index in [0.717, 1.165) is 16.7 Å². The molecule has 1 aromatic heterocycles. The molecule has 0 amide bonds. The summed E-state index contributed by atoms with van der Waals surface area (Å²) in [5.74, 6) is 0.715. The van der Waals surface area contributed by atoms with Crippen LogP contribution in [-0.4, -0.2) is 14.2 Å². The molecule has 5 heteroatoms. The molecule has 0 radical (unpaired) electrons. The Bertz CT molecular complexity index is 542. The number of ether oxygens (including phenoxy) is 1. The third kappa shape index (κ3) is 2.79. The van der Waals surface area contributed by atoms with Crippen LogP contribution in [-0.2, 0) is 6.54 Å². The molecule has 0 saturated carbocycles. The molecule has 1 heterocycles. The zero-order valence-electron chi connectivity index (χ0n) is 10.3. The lowest BCUT2D eigenvalue weighted by Gasteiger charge is -2.21. The van der Waals surface area contributed by atoms with Crippen molar-refractivity contribution in [2.45, 2.75) is 6.54 Å². The zero-order valence-corrected chi connectivity index (χ0v) is 12.7. The van der Waals surface area contributed by atoms with E-state index in [4.69, 9.17) is 10.5 Å². The SMILES string of the molecule is COc1cccc(N(C)Cc2cc(Br)cs2)c1N. The number of nitrogens with two attached hydrogens (primary N) is 1. The van der Waals surface area contributed by atoms with E-state index in [1.165, 1.54) is 4.88 Å². The van der Waals surface area contributed by atoms with Crippen molar-refractivity contribution in [1.29, 1.82) is 0 Å². The minimum absolute atomic E-state index is 0.679. The lowest BCUT2D eigenvalue weighted by Crippen LogP contribution is -2.17. The van der Waals surface area contributed by atoms with E-state index in [-0.39, 0.29) is 0 Å². The number of rotatable bonds is 4. The smallest absolute Gasteiger partial charge is 0.143 e. The van der Waals surface area contributed by atoms with E-state index < -0.39 is 0 Å². The Morgan fingerprint density at radius 1 is 1.44 bits per heavy atom. The normalized spacial score (nSPS) is 10.4. The molecule has 2 rings (SSSR count). The predicted octanol–water partition coefficient (Wildman–Crippen LogP) is 3.74. The summed E-state index contributed by atoms with van der Waals surface area (Å²) in [6.45, 7) is 0.827. The first-order valence-electron chi connectivity index (χ1n) is 5.48. The molecule has 0 spiro atoms. The molecule has 96 valence electrons. The van der Waals surface area contributed by atoms with Crippen LogP contribution >= 0.6 is 27.3 Å². The van der Waals surface area contributed by atoms with Crippen molar-refractivity contribution >= 4 is 38.6 Å². The third-order valence-electron chi connectivity index (χ3n) is 2.69. The standard InChI is InChI=1S/C13H15BrN2OS/c1-16(7-10-6-9(14)8-18-10)11-4-3-5-12(17-2)13(11)15/h3-6,8H,7,15H2,1-2H3. The first-order valence-corrected chi connectivity index (χ1v) is 7.15. The van der Waals surface area contributed by atoms with E-state index in [0.29, 0.717) is 11.4 Å². The van der Waals surface area contributed by atoms with Crippen molar-refractivity contribution in [3.8, 4) is 5.75 Å². The highest BCUT2D eigenvalue weighted by molar-refractivity contribution is 9.10. The van der Waals surface area contributed by atoms with Gasteiger partial charge in [-0.05, 0) is 34.1 Å². The zero-order chi connectivity index (χ0) is 13.1. The number of para-hydroxylation sites is 1. The van der Waals surface area contributed by atoms with Gasteiger partial charge in [-0.2, -0.15) is 0 Å². The Morgan fingerprint density at radius 3 is 2.83 bits per heavy atom. The number of benzene rings is 1. The third-order valence-corrected chi connectivity index (χ3v) is 4.37. The second-order valence-corrected chi connectivity index (χ2v) is 5.89. The second kappa shape index (κ2) is 5.63. The molecule has 18 heavy (non-hydrogen) atoms. The van der Waals surface area contributed by atoms with Gasteiger partial charge in [-0.1, -0.05) is 6.07 Å². The van der Waals surface area contributed by atoms with E-state index in [2.05, 4.69) is 32.3 Å². The summed E-state index contributed by atoms with van der Waals surface area (Å²) in [5.41, 5.74) is 7.74. The van der Waals surface area contributed by atoms with Crippen LogP contribution in [0.2, 0.25) is 0 Å². The van der Waals surface area contributed by atoms with E-state index in [9.17, 15) is 0 Å². The molecule has 0 fully saturated rings. The van der Waals surface area contributed by atoms with Gasteiger partial charge in [-0.25, -0.2) is 0 Å². The average molecular weight is 327 g/mol. The average Bonchev–Trinajstić information content (AvgIpc) is 2.75. The Morgan fingerprint density at radius 2 is 2.22 bits per heavy atom. The number of hydrogen-bond donors (Lipinski definition) is 1. The van der Waals surface area contributed by atoms with Crippen LogP contribution < -0.4 is 15.4 Å². The first kappa shape index (κ1) is 13.2. The van der Waals surface area contributed by atoms with Crippen LogP contribution in [0.4, 0.5) is 11.4 Å². The fraction of sp³-hybridized carbons (Fsp3) is 0.231. The molecule has 0 aliphatic heterocycles. The highest BCUT2D eigenvalue weighted by atomic mass is 79.9. The quantitative estimate of drug-likeness (QED) is 0.870. The van der Waals surface area contributed by atoms with Gasteiger partial charge in [0.1, 0.15) is 5.75 Å². The molecule has 0 saturated heterocycles. The number of halogens is 1. The van der Waals surface area contributed by atoms with Gasteiger partial charge < -0.3 is 15.4 Å². The summed E-state index contributed by atoms with van der Waals surface area (Å²) in [4.78, 5) is 3.41. The summed E-state index contributed by atoms with van der Waals surface area (Å²) < 4.78 is 6.35. The number of nitrogens with zero attached hydrogens (tertiary/aromatic N) is 1. The maximum absolute atomic E-state index is 6.08. The molecule has 1 aromatic carbocycles. The van der Waals surface area contributed by atoms with Gasteiger partial charge in [0.25, 0.3) is 0 Å². The maximum atomic E-state index is 6.08. The van der Waals surface area contributed by atoms with Crippen molar-refractivity contribution < 1.29 is 4.74 Å². The minimum atomic E-state index is 0.679. The van der Waals surface area contributed by atoms with Crippen molar-refractivity contribution in [1.82, 2.24) is 0 Å². The summed E-state index contributed by atoms with van der Waals surface area (Å²) in [5, 5.41) is 2.08. The molecule has 2 aromatic rings. The fourth-order valence-electron chi connectivity index (χ4n) is 1.80. The number of methoxy groups -OCH3 is 1. The maximum Gasteiger partial charge on any atom is 0.143 e. The van der Waals surface area contributed by atoms with Crippen LogP contribution in [0.25, 0.3) is 0 Å². The van der Waals surface area contributed by atoms with E-state index in [1.807, 2.05) is 25.2 Å². The number of hydrogen-bond acceptors (Lipinski definition) is 4. The second-order valence-electron chi connectivity index (χ2n) is 3.98. The predicted molar refractivity (Wildman–Crippen MR) is 81.5 cm³/mol. The summed E-state index contributed by atoms with van der Waals surface area (Å²) in [7, 11) is 3.66. The van der Waals surface area contributed by atoms with Crippen LogP contribution in [0, 0.1) is 0 Å². The molecule has 0 unspecified atom stereocenters. The molecule has 0 bridgehead atoms. The molecule has 3 nitrogen and oxygen atoms in total. The number of thiophene rings is 1. The molecule has 0 aliphatic rings. The van der Waals surface area contributed by atoms with Gasteiger partial charge >= 0.3 is 0 Å². The monoisotopic (exact) mass is 326 g/mol. The van der Waals surface area contributed by atoms with Gasteiger partial charge in [0.15, 0.2) is 0 Å². The summed E-state index contributed by atoms with van der Waals surface area (Å²) in [6, 6.07) is 7.94. The van der Waals surface area contributed by atoms with Gasteiger partial charge in [0.2, 0.25) is 0 Å². The largest absolute Gasteiger partial charge is 0.495 e. The molecular formula is C13H15BrN2OS. The van der Waals surface area contributed by atoms with Crippen molar-refractivity contribution in [3.05, 3.63) is 39.0 Å². The van der Waals surface area contributed by atoms with Crippen molar-refractivity contribution in [2.75, 3.05) is 24.8 Å². The molecular weight excluding hydrogens is 312 g/mol. The first-order chi connectivity index (χ1) is 8.61. The van der Waals surface area contributed by atoms with E-state index >= 15 is 0 Å². The van der Waals surface area contributed by atoms with Gasteiger partial charge in [-0.15, -0.1) is 11.3 Å². The number of anilines is 2. The molecule has 0 aliphatic carbocycles. The van der Waals surface area contributed by atoms with Gasteiger partial charge in [0.05, 0.1) is 25.0 Å². The Hall–Kier alpha value is -1.20. The van der Waals surface area contributed by atoms with Gasteiger partial charge in [-0.3, -0.25) is 0 Å². The minimum Gasteiger partial charge on any atom is -0.495 e. The molecule has 0 atom stereocenters. The summed E-state index contributed by atoms with van der Waals surface area (Å²) >= 11 is 5.19. The fourth-order valence-corrected chi connectivity index (χ4v) is 3.30. The van der Waals surface area contributed by atoms with Gasteiger partial charge in [0, 0.05) is 21.8 Å². The highest BCUT2D eigenvalue weighted by Gasteiger charge is 2.10. The highest BCUT2D eigenvalue weighted by Crippen LogP contribution is 2.32. The Kier molecular flexibility index (Phi) is 4.14. The topological polar surface area (TPSA) is 38.5 Å². The summed E-state index contributed by atoms with van der Waals surface area (Å²) in [6.07, 6.45) is 0. The molecule has 2 N–H and O–H groups in total. The van der Waals surface area contributed by atoms with Crippen LogP contribution in [0.3, 0.4) is 0 Å². The number of nitrogen functional groups attached to an aromatic ring is 1. The van der Waals surface area contributed by atoms with Crippen LogP contribution in [0.15, 0.2) is 34.1 Å². The van der Waals surface area contributed by atoms with Crippen molar-refractivity contribution in [3.63, 3.8) is 0 Å².